The summed E-state index contributed by atoms with van der Waals surface area (Å²) in [6, 6.07) is 25.3. The van der Waals surface area contributed by atoms with Crippen molar-refractivity contribution in [3.8, 4) is 10.4 Å². The van der Waals surface area contributed by atoms with Gasteiger partial charge in [-0.25, -0.2) is 0 Å². The molecule has 0 radical (unpaired) electrons. The molecule has 5 aromatic rings. The van der Waals surface area contributed by atoms with E-state index in [2.05, 4.69) is 10.4 Å². The number of anilines is 2. The van der Waals surface area contributed by atoms with Crippen molar-refractivity contribution in [2.75, 3.05) is 11.1 Å². The summed E-state index contributed by atoms with van der Waals surface area (Å²) in [4.78, 5) is 13.9. The van der Waals surface area contributed by atoms with Crippen LogP contribution in [0.15, 0.2) is 90.4 Å². The molecule has 0 bridgehead atoms. The zero-order valence-corrected chi connectivity index (χ0v) is 17.5. The minimum absolute atomic E-state index is 0.189. The van der Waals surface area contributed by atoms with Gasteiger partial charge in [0.25, 0.3) is 5.91 Å². The van der Waals surface area contributed by atoms with E-state index in [1.54, 1.807) is 11.3 Å². The van der Waals surface area contributed by atoms with Crippen LogP contribution < -0.4 is 11.1 Å². The number of hydrogen-bond acceptors (Lipinski definition) is 4. The van der Waals surface area contributed by atoms with E-state index >= 15 is 0 Å². The molecule has 2 aromatic heterocycles. The van der Waals surface area contributed by atoms with Crippen LogP contribution in [0.4, 0.5) is 11.4 Å². The number of nitrogens with one attached hydrogen (secondary N) is 1. The van der Waals surface area contributed by atoms with Crippen LogP contribution in [0, 0.1) is 0 Å². The number of hydrogen-bond donors (Lipinski definition) is 2. The molecule has 2 heterocycles. The lowest BCUT2D eigenvalue weighted by atomic mass is 10.1. The Bertz CT molecular complexity index is 1320. The first-order valence-corrected chi connectivity index (χ1v) is 10.8. The van der Waals surface area contributed by atoms with E-state index in [4.69, 9.17) is 5.73 Å². The number of carbonyl (C=O) groups excluding carboxylic acids is 1. The van der Waals surface area contributed by atoms with E-state index in [0.717, 1.165) is 26.9 Å². The molecular weight excluding hydrogens is 404 g/mol. The third kappa shape index (κ3) is 4.06. The highest BCUT2D eigenvalue weighted by Gasteiger charge is 2.10. The van der Waals surface area contributed by atoms with Gasteiger partial charge in [-0.15, -0.1) is 11.3 Å². The van der Waals surface area contributed by atoms with Gasteiger partial charge in [-0.05, 0) is 52.9 Å². The average molecular weight is 425 g/mol. The summed E-state index contributed by atoms with van der Waals surface area (Å²) in [5.74, 6) is -0.189. The number of carbonyl (C=O) groups is 1. The Balaban J connectivity index is 1.30. The van der Waals surface area contributed by atoms with Gasteiger partial charge < -0.3 is 11.1 Å². The van der Waals surface area contributed by atoms with Crippen molar-refractivity contribution in [3.05, 3.63) is 102 Å². The highest BCUT2D eigenvalue weighted by atomic mass is 32.1. The van der Waals surface area contributed by atoms with Gasteiger partial charge in [0.1, 0.15) is 0 Å². The van der Waals surface area contributed by atoms with Gasteiger partial charge >= 0.3 is 0 Å². The lowest BCUT2D eigenvalue weighted by Crippen LogP contribution is -2.13. The molecule has 31 heavy (non-hydrogen) atoms. The Morgan fingerprint density at radius 2 is 1.84 bits per heavy atom. The molecule has 6 heteroatoms. The fourth-order valence-corrected chi connectivity index (χ4v) is 4.22. The van der Waals surface area contributed by atoms with Crippen LogP contribution in [0.25, 0.3) is 21.3 Å². The molecule has 0 aliphatic carbocycles. The Hall–Kier alpha value is -3.90. The van der Waals surface area contributed by atoms with Gasteiger partial charge in [0.15, 0.2) is 0 Å². The third-order valence-corrected chi connectivity index (χ3v) is 6.05. The summed E-state index contributed by atoms with van der Waals surface area (Å²) in [5, 5.41) is 10.7. The molecule has 152 valence electrons. The largest absolute Gasteiger partial charge is 0.397 e. The van der Waals surface area contributed by atoms with Crippen molar-refractivity contribution in [3.63, 3.8) is 0 Å². The molecule has 0 saturated heterocycles. The fourth-order valence-electron chi connectivity index (χ4n) is 3.50. The predicted octanol–water partition coefficient (Wildman–Crippen LogP) is 5.65. The monoisotopic (exact) mass is 424 g/mol. The van der Waals surface area contributed by atoms with E-state index in [9.17, 15) is 4.79 Å². The molecule has 0 atom stereocenters. The zero-order chi connectivity index (χ0) is 21.2. The highest BCUT2D eigenvalue weighted by molar-refractivity contribution is 7.13. The zero-order valence-electron chi connectivity index (χ0n) is 16.7. The van der Waals surface area contributed by atoms with Crippen molar-refractivity contribution in [2.24, 2.45) is 0 Å². The van der Waals surface area contributed by atoms with E-state index in [1.165, 1.54) is 0 Å². The fraction of sp³-hybridized carbons (Fsp3) is 0.0400. The molecule has 1 amide bonds. The summed E-state index contributed by atoms with van der Waals surface area (Å²) in [6.45, 7) is 0.645. The summed E-state index contributed by atoms with van der Waals surface area (Å²) >= 11 is 1.65. The second-order valence-corrected chi connectivity index (χ2v) is 8.26. The van der Waals surface area contributed by atoms with Crippen LogP contribution in [0.1, 0.15) is 15.9 Å². The molecule has 5 nitrogen and oxygen atoms in total. The molecule has 0 aliphatic rings. The minimum Gasteiger partial charge on any atom is -0.397 e. The second kappa shape index (κ2) is 8.08. The van der Waals surface area contributed by atoms with E-state index in [-0.39, 0.29) is 5.91 Å². The van der Waals surface area contributed by atoms with Gasteiger partial charge in [-0.1, -0.05) is 42.5 Å². The SMILES string of the molecule is Nc1ccc(-c2cccs2)cc1NC(=O)c1ccc(Cn2cc3ccccc3n2)cc1. The Labute approximate surface area is 183 Å². The van der Waals surface area contributed by atoms with Crippen molar-refractivity contribution in [2.45, 2.75) is 6.54 Å². The van der Waals surface area contributed by atoms with Crippen LogP contribution in [-0.4, -0.2) is 15.7 Å². The predicted molar refractivity (Wildman–Crippen MR) is 127 cm³/mol. The van der Waals surface area contributed by atoms with Gasteiger partial charge in [-0.3, -0.25) is 9.48 Å². The first-order valence-electron chi connectivity index (χ1n) is 9.91. The molecule has 5 rings (SSSR count). The van der Waals surface area contributed by atoms with Crippen LogP contribution in [0.2, 0.25) is 0 Å². The normalized spacial score (nSPS) is 11.0. The molecular formula is C25H20N4OS. The van der Waals surface area contributed by atoms with Crippen molar-refractivity contribution in [1.29, 1.82) is 0 Å². The van der Waals surface area contributed by atoms with Crippen LogP contribution in [0.5, 0.6) is 0 Å². The maximum atomic E-state index is 12.8. The van der Waals surface area contributed by atoms with Crippen LogP contribution in [0.3, 0.4) is 0 Å². The number of fused-ring (bicyclic) bond motifs is 1. The van der Waals surface area contributed by atoms with Gasteiger partial charge in [0, 0.05) is 22.0 Å². The van der Waals surface area contributed by atoms with Gasteiger partial charge in [0.05, 0.1) is 23.4 Å². The summed E-state index contributed by atoms with van der Waals surface area (Å²) in [6.07, 6.45) is 2.03. The molecule has 0 saturated carbocycles. The first kappa shape index (κ1) is 19.1. The second-order valence-electron chi connectivity index (χ2n) is 7.32. The number of nitrogens with zero attached hydrogens (tertiary/aromatic N) is 2. The number of rotatable bonds is 5. The first-order chi connectivity index (χ1) is 15.2. The van der Waals surface area contributed by atoms with Crippen LogP contribution in [-0.2, 0) is 6.54 Å². The number of benzene rings is 3. The molecule has 0 aliphatic heterocycles. The van der Waals surface area contributed by atoms with Crippen LogP contribution >= 0.6 is 11.3 Å². The van der Waals surface area contributed by atoms with Crippen molar-refractivity contribution in [1.82, 2.24) is 9.78 Å². The quantitative estimate of drug-likeness (QED) is 0.358. The number of amides is 1. The van der Waals surface area contributed by atoms with E-state index < -0.39 is 0 Å². The maximum Gasteiger partial charge on any atom is 0.255 e. The number of nitrogen functional groups attached to an aromatic ring is 1. The molecule has 3 aromatic carbocycles. The molecule has 3 N–H and O–H groups in total. The Kier molecular flexibility index (Phi) is 4.98. The molecule has 0 fully saturated rings. The standard InChI is InChI=1S/C25H20N4OS/c26-21-12-11-19(24-6-3-13-31-24)14-23(21)27-25(30)18-9-7-17(8-10-18)15-29-16-20-4-1-2-5-22(20)28-29/h1-14,16H,15,26H2,(H,27,30). The maximum absolute atomic E-state index is 12.8. The summed E-state index contributed by atoms with van der Waals surface area (Å²) < 4.78 is 1.91. The summed E-state index contributed by atoms with van der Waals surface area (Å²) in [7, 11) is 0. The smallest absolute Gasteiger partial charge is 0.255 e. The summed E-state index contributed by atoms with van der Waals surface area (Å²) in [5.41, 5.74) is 10.9. The van der Waals surface area contributed by atoms with Crippen molar-refractivity contribution >= 4 is 39.5 Å². The van der Waals surface area contributed by atoms with Crippen molar-refractivity contribution < 1.29 is 4.79 Å². The number of aromatic nitrogens is 2. The average Bonchev–Trinajstić information content (AvgIpc) is 3.45. The number of thiophene rings is 1. The topological polar surface area (TPSA) is 72.9 Å². The highest BCUT2D eigenvalue weighted by Crippen LogP contribution is 2.30. The van der Waals surface area contributed by atoms with Gasteiger partial charge in [0.2, 0.25) is 0 Å². The molecule has 0 spiro atoms. The number of nitrogens with two attached hydrogens (primary N) is 1. The lowest BCUT2D eigenvalue weighted by molar-refractivity contribution is 0.102. The minimum atomic E-state index is -0.189. The van der Waals surface area contributed by atoms with E-state index in [1.807, 2.05) is 95.1 Å². The Morgan fingerprint density at radius 1 is 1.00 bits per heavy atom. The van der Waals surface area contributed by atoms with E-state index in [0.29, 0.717) is 23.5 Å². The third-order valence-electron chi connectivity index (χ3n) is 5.13. The lowest BCUT2D eigenvalue weighted by Gasteiger charge is -2.10. The Morgan fingerprint density at radius 3 is 2.61 bits per heavy atom. The molecule has 0 unspecified atom stereocenters. The van der Waals surface area contributed by atoms with Gasteiger partial charge in [-0.2, -0.15) is 5.10 Å².